The van der Waals surface area contributed by atoms with Crippen molar-refractivity contribution in [1.82, 2.24) is 4.57 Å². The molecule has 26 heavy (non-hydrogen) atoms. The standard InChI is InChI=1S/C21H22N2O2S/c22-21-20(26(24,25)17-11-5-2-6-12-17)18-13-7-8-14-19(18)23(21)15-16-9-3-1-4-10-16/h1-6,9-12H,7-8,13-15,22H2. The Morgan fingerprint density at radius 2 is 1.50 bits per heavy atom. The second-order valence-electron chi connectivity index (χ2n) is 6.73. The molecule has 4 nitrogen and oxygen atoms in total. The SMILES string of the molecule is Nc1c(S(=O)(=O)c2ccccc2)c2c(n1Cc1ccccc1)CCCC2. The highest BCUT2D eigenvalue weighted by atomic mass is 32.2. The van der Waals surface area contributed by atoms with Gasteiger partial charge in [0.25, 0.3) is 0 Å². The molecule has 0 unspecified atom stereocenters. The van der Waals surface area contributed by atoms with Crippen LogP contribution in [-0.4, -0.2) is 13.0 Å². The number of aromatic nitrogens is 1. The highest BCUT2D eigenvalue weighted by molar-refractivity contribution is 7.91. The van der Waals surface area contributed by atoms with Crippen molar-refractivity contribution in [1.29, 1.82) is 0 Å². The van der Waals surface area contributed by atoms with Crippen molar-refractivity contribution in [2.75, 3.05) is 5.73 Å². The van der Waals surface area contributed by atoms with E-state index in [0.717, 1.165) is 42.5 Å². The van der Waals surface area contributed by atoms with Gasteiger partial charge < -0.3 is 10.3 Å². The maximum Gasteiger partial charge on any atom is 0.210 e. The fourth-order valence-corrected chi connectivity index (χ4v) is 5.50. The number of hydrogen-bond donors (Lipinski definition) is 1. The van der Waals surface area contributed by atoms with Crippen LogP contribution < -0.4 is 5.73 Å². The predicted octanol–water partition coefficient (Wildman–Crippen LogP) is 3.83. The summed E-state index contributed by atoms with van der Waals surface area (Å²) in [7, 11) is -3.63. The largest absolute Gasteiger partial charge is 0.384 e. The molecule has 1 aliphatic carbocycles. The van der Waals surface area contributed by atoms with Gasteiger partial charge in [-0.3, -0.25) is 0 Å². The maximum absolute atomic E-state index is 13.3. The van der Waals surface area contributed by atoms with Crippen LogP contribution in [0.5, 0.6) is 0 Å². The van der Waals surface area contributed by atoms with Crippen LogP contribution in [0.3, 0.4) is 0 Å². The van der Waals surface area contributed by atoms with E-state index >= 15 is 0 Å². The molecule has 0 radical (unpaired) electrons. The summed E-state index contributed by atoms with van der Waals surface area (Å²) < 4.78 is 28.6. The van der Waals surface area contributed by atoms with E-state index in [4.69, 9.17) is 5.73 Å². The Morgan fingerprint density at radius 3 is 2.19 bits per heavy atom. The highest BCUT2D eigenvalue weighted by Crippen LogP contribution is 2.38. The molecule has 1 aliphatic rings. The van der Waals surface area contributed by atoms with Gasteiger partial charge in [-0.15, -0.1) is 0 Å². The van der Waals surface area contributed by atoms with Crippen LogP contribution in [0, 0.1) is 0 Å². The minimum Gasteiger partial charge on any atom is -0.384 e. The van der Waals surface area contributed by atoms with Gasteiger partial charge in [0.15, 0.2) is 0 Å². The van der Waals surface area contributed by atoms with E-state index in [1.165, 1.54) is 0 Å². The molecular formula is C21H22N2O2S. The molecule has 0 fully saturated rings. The average molecular weight is 366 g/mol. The minimum atomic E-state index is -3.63. The number of benzene rings is 2. The second kappa shape index (κ2) is 6.65. The first-order valence-corrected chi connectivity index (χ1v) is 10.4. The summed E-state index contributed by atoms with van der Waals surface area (Å²) in [6.07, 6.45) is 3.70. The Hall–Kier alpha value is -2.53. The molecule has 134 valence electrons. The average Bonchev–Trinajstić information content (AvgIpc) is 2.96. The lowest BCUT2D eigenvalue weighted by Gasteiger charge is -2.16. The molecule has 0 saturated carbocycles. The van der Waals surface area contributed by atoms with Crippen LogP contribution in [0.1, 0.15) is 29.7 Å². The van der Waals surface area contributed by atoms with Crippen molar-refractivity contribution in [3.05, 3.63) is 77.5 Å². The molecule has 0 aliphatic heterocycles. The zero-order valence-electron chi connectivity index (χ0n) is 14.6. The molecule has 4 rings (SSSR count). The number of nitrogens with zero attached hydrogens (tertiary/aromatic N) is 1. The number of sulfone groups is 1. The van der Waals surface area contributed by atoms with Crippen LogP contribution in [0.2, 0.25) is 0 Å². The van der Waals surface area contributed by atoms with E-state index in [2.05, 4.69) is 0 Å². The van der Waals surface area contributed by atoms with Gasteiger partial charge in [-0.25, -0.2) is 8.42 Å². The summed E-state index contributed by atoms with van der Waals surface area (Å²) in [4.78, 5) is 0.617. The summed E-state index contributed by atoms with van der Waals surface area (Å²) in [5, 5.41) is 0. The van der Waals surface area contributed by atoms with Crippen LogP contribution in [0.15, 0.2) is 70.5 Å². The second-order valence-corrected chi connectivity index (χ2v) is 8.62. The minimum absolute atomic E-state index is 0.303. The first kappa shape index (κ1) is 16.9. The van der Waals surface area contributed by atoms with E-state index < -0.39 is 9.84 Å². The molecule has 0 atom stereocenters. The molecule has 2 N–H and O–H groups in total. The summed E-state index contributed by atoms with van der Waals surface area (Å²) in [6, 6.07) is 18.6. The van der Waals surface area contributed by atoms with Crippen LogP contribution >= 0.6 is 0 Å². The molecule has 3 aromatic rings. The lowest BCUT2D eigenvalue weighted by molar-refractivity contribution is 0.593. The monoisotopic (exact) mass is 366 g/mol. The number of rotatable bonds is 4. The van der Waals surface area contributed by atoms with Crippen molar-refractivity contribution >= 4 is 15.7 Å². The zero-order valence-corrected chi connectivity index (χ0v) is 15.4. The van der Waals surface area contributed by atoms with Crippen molar-refractivity contribution < 1.29 is 8.42 Å². The molecule has 1 aromatic heterocycles. The number of hydrogen-bond acceptors (Lipinski definition) is 3. The van der Waals surface area contributed by atoms with E-state index in [-0.39, 0.29) is 0 Å². The first-order valence-electron chi connectivity index (χ1n) is 8.93. The van der Waals surface area contributed by atoms with Gasteiger partial charge in [0.1, 0.15) is 10.7 Å². The maximum atomic E-state index is 13.3. The Bertz CT molecular complexity index is 1020. The van der Waals surface area contributed by atoms with Gasteiger partial charge >= 0.3 is 0 Å². The fourth-order valence-electron chi connectivity index (χ4n) is 3.82. The smallest absolute Gasteiger partial charge is 0.210 e. The third-order valence-electron chi connectivity index (χ3n) is 5.07. The highest BCUT2D eigenvalue weighted by Gasteiger charge is 2.32. The molecule has 0 spiro atoms. The zero-order chi connectivity index (χ0) is 18.1. The van der Waals surface area contributed by atoms with Gasteiger partial charge in [-0.2, -0.15) is 0 Å². The van der Waals surface area contributed by atoms with Gasteiger partial charge in [0, 0.05) is 12.2 Å². The van der Waals surface area contributed by atoms with Crippen LogP contribution in [0.25, 0.3) is 0 Å². The quantitative estimate of drug-likeness (QED) is 0.763. The lowest BCUT2D eigenvalue weighted by Crippen LogP contribution is -2.11. The molecule has 5 heteroatoms. The van der Waals surface area contributed by atoms with E-state index in [1.807, 2.05) is 41.0 Å². The lowest BCUT2D eigenvalue weighted by atomic mass is 9.98. The van der Waals surface area contributed by atoms with Gasteiger partial charge in [-0.1, -0.05) is 48.5 Å². The van der Waals surface area contributed by atoms with Crippen molar-refractivity contribution in [3.8, 4) is 0 Å². The number of nitrogens with two attached hydrogens (primary N) is 1. The summed E-state index contributed by atoms with van der Waals surface area (Å²) in [5.41, 5.74) is 9.54. The van der Waals surface area contributed by atoms with Crippen molar-refractivity contribution in [3.63, 3.8) is 0 Å². The summed E-state index contributed by atoms with van der Waals surface area (Å²) in [6.45, 7) is 0.597. The Labute approximate surface area is 154 Å². The Balaban J connectivity index is 1.88. The van der Waals surface area contributed by atoms with Gasteiger partial charge in [-0.05, 0) is 48.9 Å². The normalized spacial score (nSPS) is 14.2. The summed E-state index contributed by atoms with van der Waals surface area (Å²) in [5.74, 6) is 0.365. The topological polar surface area (TPSA) is 65.1 Å². The van der Waals surface area contributed by atoms with Crippen LogP contribution in [0.4, 0.5) is 5.82 Å². The van der Waals surface area contributed by atoms with Crippen molar-refractivity contribution in [2.45, 2.75) is 42.0 Å². The van der Waals surface area contributed by atoms with Crippen molar-refractivity contribution in [2.24, 2.45) is 0 Å². The molecule has 0 saturated heterocycles. The van der Waals surface area contributed by atoms with E-state index in [9.17, 15) is 8.42 Å². The molecule has 0 bridgehead atoms. The third-order valence-corrected chi connectivity index (χ3v) is 6.95. The fraction of sp³-hybridized carbons (Fsp3) is 0.238. The number of fused-ring (bicyclic) bond motifs is 1. The molecule has 0 amide bonds. The molecular weight excluding hydrogens is 344 g/mol. The number of nitrogen functional groups attached to an aromatic ring is 1. The summed E-state index contributed by atoms with van der Waals surface area (Å²) >= 11 is 0. The predicted molar refractivity (Wildman–Crippen MR) is 103 cm³/mol. The van der Waals surface area contributed by atoms with Gasteiger partial charge in [0.05, 0.1) is 4.90 Å². The van der Waals surface area contributed by atoms with E-state index in [1.54, 1.807) is 24.3 Å². The van der Waals surface area contributed by atoms with Gasteiger partial charge in [0.2, 0.25) is 9.84 Å². The molecule has 2 aromatic carbocycles. The van der Waals surface area contributed by atoms with Crippen LogP contribution in [-0.2, 0) is 29.2 Å². The Kier molecular flexibility index (Phi) is 4.32. The number of anilines is 1. The molecule has 1 heterocycles. The third kappa shape index (κ3) is 2.82. The Morgan fingerprint density at radius 1 is 0.885 bits per heavy atom. The van der Waals surface area contributed by atoms with E-state index in [0.29, 0.717) is 22.2 Å². The first-order chi connectivity index (χ1) is 12.6.